The highest BCUT2D eigenvalue weighted by atomic mass is 32.1. The minimum absolute atomic E-state index is 0.317. The molecule has 0 amide bonds. The van der Waals surface area contributed by atoms with Gasteiger partial charge in [0, 0.05) is 24.0 Å². The third-order valence-electron chi connectivity index (χ3n) is 1.19. The minimum Gasteiger partial charge on any atom is -0.391 e. The van der Waals surface area contributed by atoms with E-state index in [-0.39, 0.29) is 0 Å². The van der Waals surface area contributed by atoms with Gasteiger partial charge in [0.25, 0.3) is 0 Å². The summed E-state index contributed by atoms with van der Waals surface area (Å²) in [4.78, 5) is 4.96. The first-order valence-electron chi connectivity index (χ1n) is 3.08. The van der Waals surface area contributed by atoms with Gasteiger partial charge in [-0.1, -0.05) is 0 Å². The van der Waals surface area contributed by atoms with E-state index in [9.17, 15) is 0 Å². The van der Waals surface area contributed by atoms with Gasteiger partial charge in [-0.2, -0.15) is 0 Å². The van der Waals surface area contributed by atoms with E-state index in [2.05, 4.69) is 4.98 Å². The Balaban J connectivity index is 2.40. The third kappa shape index (κ3) is 2.06. The molecule has 0 fully saturated rings. The summed E-state index contributed by atoms with van der Waals surface area (Å²) in [5, 5.41) is 9.08. The fraction of sp³-hybridized carbons (Fsp3) is 0.500. The molecule has 0 bridgehead atoms. The van der Waals surface area contributed by atoms with E-state index in [1.807, 2.05) is 0 Å². The van der Waals surface area contributed by atoms with E-state index in [1.54, 1.807) is 11.7 Å². The summed E-state index contributed by atoms with van der Waals surface area (Å²) < 4.78 is 0. The van der Waals surface area contributed by atoms with Crippen molar-refractivity contribution in [3.05, 3.63) is 16.6 Å². The Morgan fingerprint density at radius 2 is 2.60 bits per heavy atom. The van der Waals surface area contributed by atoms with Gasteiger partial charge in [0.1, 0.15) is 0 Å². The molecule has 1 unspecified atom stereocenters. The standard InChI is InChI=1S/C6H10N2OS/c7-2-5(9)1-6-3-8-4-10-6/h3-5,9H,1-2,7H2. The number of rotatable bonds is 3. The van der Waals surface area contributed by atoms with E-state index in [1.165, 1.54) is 11.3 Å². The summed E-state index contributed by atoms with van der Waals surface area (Å²) in [6.45, 7) is 0.317. The average molecular weight is 158 g/mol. The van der Waals surface area contributed by atoms with Gasteiger partial charge in [-0.3, -0.25) is 4.98 Å². The van der Waals surface area contributed by atoms with Crippen LogP contribution in [0.15, 0.2) is 11.7 Å². The van der Waals surface area contributed by atoms with Gasteiger partial charge in [0.2, 0.25) is 0 Å². The van der Waals surface area contributed by atoms with Crippen LogP contribution < -0.4 is 5.73 Å². The zero-order valence-corrected chi connectivity index (χ0v) is 6.34. The molecule has 1 heterocycles. The topological polar surface area (TPSA) is 59.1 Å². The van der Waals surface area contributed by atoms with Crippen LogP contribution in [0.4, 0.5) is 0 Å². The molecule has 4 heteroatoms. The average Bonchev–Trinajstić information content (AvgIpc) is 2.40. The van der Waals surface area contributed by atoms with Crippen LogP contribution >= 0.6 is 11.3 Å². The van der Waals surface area contributed by atoms with E-state index in [4.69, 9.17) is 10.8 Å². The zero-order valence-electron chi connectivity index (χ0n) is 5.53. The van der Waals surface area contributed by atoms with Crippen molar-refractivity contribution in [1.82, 2.24) is 4.98 Å². The van der Waals surface area contributed by atoms with Crippen LogP contribution in [0.5, 0.6) is 0 Å². The Hall–Kier alpha value is -0.450. The molecule has 10 heavy (non-hydrogen) atoms. The molecule has 56 valence electrons. The van der Waals surface area contributed by atoms with E-state index in [0.29, 0.717) is 13.0 Å². The quantitative estimate of drug-likeness (QED) is 0.651. The van der Waals surface area contributed by atoms with Crippen LogP contribution in [0.25, 0.3) is 0 Å². The number of aliphatic hydroxyl groups excluding tert-OH is 1. The highest BCUT2D eigenvalue weighted by Crippen LogP contribution is 2.07. The summed E-state index contributed by atoms with van der Waals surface area (Å²) in [6.07, 6.45) is 1.96. The molecule has 1 rings (SSSR count). The normalized spacial score (nSPS) is 13.4. The van der Waals surface area contributed by atoms with Crippen LogP contribution in [-0.4, -0.2) is 22.7 Å². The second-order valence-electron chi connectivity index (χ2n) is 2.06. The van der Waals surface area contributed by atoms with Crippen LogP contribution in [0.2, 0.25) is 0 Å². The molecule has 0 saturated carbocycles. The van der Waals surface area contributed by atoms with Crippen LogP contribution in [0, 0.1) is 0 Å². The number of aromatic nitrogens is 1. The number of nitrogens with zero attached hydrogens (tertiary/aromatic N) is 1. The maximum atomic E-state index is 9.08. The highest BCUT2D eigenvalue weighted by molar-refractivity contribution is 7.09. The summed E-state index contributed by atoms with van der Waals surface area (Å²) in [5.41, 5.74) is 6.97. The lowest BCUT2D eigenvalue weighted by molar-refractivity contribution is 0.184. The van der Waals surface area contributed by atoms with Crippen LogP contribution in [-0.2, 0) is 6.42 Å². The zero-order chi connectivity index (χ0) is 7.40. The van der Waals surface area contributed by atoms with E-state index >= 15 is 0 Å². The molecule has 1 atom stereocenters. The Morgan fingerprint density at radius 1 is 1.80 bits per heavy atom. The Bertz CT molecular complexity index is 176. The molecule has 0 saturated heterocycles. The molecule has 0 spiro atoms. The first kappa shape index (κ1) is 7.65. The number of nitrogens with two attached hydrogens (primary N) is 1. The molecule has 0 aromatic carbocycles. The molecule has 0 aliphatic rings. The van der Waals surface area contributed by atoms with Gasteiger partial charge in [-0.25, -0.2) is 0 Å². The Morgan fingerprint density at radius 3 is 3.10 bits per heavy atom. The lowest BCUT2D eigenvalue weighted by atomic mass is 10.2. The van der Waals surface area contributed by atoms with Crippen molar-refractivity contribution >= 4 is 11.3 Å². The smallest absolute Gasteiger partial charge is 0.0794 e. The first-order valence-corrected chi connectivity index (χ1v) is 3.96. The first-order chi connectivity index (χ1) is 4.83. The van der Waals surface area contributed by atoms with Gasteiger partial charge >= 0.3 is 0 Å². The Labute approximate surface area is 63.5 Å². The van der Waals surface area contributed by atoms with Gasteiger partial charge < -0.3 is 10.8 Å². The third-order valence-corrected chi connectivity index (χ3v) is 1.99. The van der Waals surface area contributed by atoms with Gasteiger partial charge in [0.15, 0.2) is 0 Å². The SMILES string of the molecule is NCC(O)Cc1cncs1. The molecule has 3 N–H and O–H groups in total. The van der Waals surface area contributed by atoms with Gasteiger partial charge in [-0.05, 0) is 0 Å². The van der Waals surface area contributed by atoms with E-state index in [0.717, 1.165) is 4.88 Å². The highest BCUT2D eigenvalue weighted by Gasteiger charge is 2.02. The number of thiazole rings is 1. The molecule has 0 aliphatic carbocycles. The van der Waals surface area contributed by atoms with E-state index < -0.39 is 6.10 Å². The van der Waals surface area contributed by atoms with Crippen LogP contribution in [0.1, 0.15) is 4.88 Å². The minimum atomic E-state index is -0.416. The fourth-order valence-electron chi connectivity index (χ4n) is 0.658. The van der Waals surface area contributed by atoms with Crippen molar-refractivity contribution in [2.45, 2.75) is 12.5 Å². The van der Waals surface area contributed by atoms with Gasteiger partial charge in [0.05, 0.1) is 11.6 Å². The predicted octanol–water partition coefficient (Wildman–Crippen LogP) is 0.00520. The maximum absolute atomic E-state index is 9.08. The largest absolute Gasteiger partial charge is 0.391 e. The molecular weight excluding hydrogens is 148 g/mol. The lowest BCUT2D eigenvalue weighted by Gasteiger charge is -2.02. The van der Waals surface area contributed by atoms with Crippen molar-refractivity contribution in [3.8, 4) is 0 Å². The summed E-state index contributed by atoms with van der Waals surface area (Å²) >= 11 is 1.54. The molecule has 1 aromatic rings. The number of aliphatic hydroxyl groups is 1. The second kappa shape index (κ2) is 3.65. The Kier molecular flexibility index (Phi) is 2.80. The second-order valence-corrected chi connectivity index (χ2v) is 3.03. The van der Waals surface area contributed by atoms with Crippen molar-refractivity contribution in [2.75, 3.05) is 6.54 Å². The number of hydrogen-bond acceptors (Lipinski definition) is 4. The van der Waals surface area contributed by atoms with Crippen molar-refractivity contribution < 1.29 is 5.11 Å². The molecule has 1 aromatic heterocycles. The molecule has 0 radical (unpaired) electrons. The molecule has 3 nitrogen and oxygen atoms in total. The predicted molar refractivity (Wildman–Crippen MR) is 40.9 cm³/mol. The summed E-state index contributed by atoms with van der Waals surface area (Å²) in [7, 11) is 0. The lowest BCUT2D eigenvalue weighted by Crippen LogP contribution is -2.21. The summed E-state index contributed by atoms with van der Waals surface area (Å²) in [5.74, 6) is 0. The fourth-order valence-corrected chi connectivity index (χ4v) is 1.33. The monoisotopic (exact) mass is 158 g/mol. The molecular formula is C6H10N2OS. The number of hydrogen-bond donors (Lipinski definition) is 2. The van der Waals surface area contributed by atoms with Crippen LogP contribution in [0.3, 0.4) is 0 Å². The summed E-state index contributed by atoms with van der Waals surface area (Å²) in [6, 6.07) is 0. The van der Waals surface area contributed by atoms with Crippen molar-refractivity contribution in [2.24, 2.45) is 5.73 Å². The molecule has 0 aliphatic heterocycles. The van der Waals surface area contributed by atoms with Crippen molar-refractivity contribution in [1.29, 1.82) is 0 Å². The van der Waals surface area contributed by atoms with Gasteiger partial charge in [-0.15, -0.1) is 11.3 Å². The van der Waals surface area contributed by atoms with Crippen molar-refractivity contribution in [3.63, 3.8) is 0 Å². The maximum Gasteiger partial charge on any atom is 0.0794 e.